The van der Waals surface area contributed by atoms with Crippen LogP contribution in [0.25, 0.3) is 0 Å². The first-order chi connectivity index (χ1) is 16.5. The van der Waals surface area contributed by atoms with Gasteiger partial charge < -0.3 is 10.1 Å². The molecule has 7 nitrogen and oxygen atoms in total. The molecule has 0 aliphatic carbocycles. The molecule has 3 rings (SSSR count). The molecule has 3 aromatic carbocycles. The molecule has 0 aliphatic heterocycles. The van der Waals surface area contributed by atoms with E-state index in [1.807, 2.05) is 18.2 Å². The molecule has 0 unspecified atom stereocenters. The summed E-state index contributed by atoms with van der Waals surface area (Å²) < 4.78 is 5.73. The number of nitriles is 1. The van der Waals surface area contributed by atoms with Crippen LogP contribution in [0.2, 0.25) is 10.0 Å². The van der Waals surface area contributed by atoms with E-state index in [1.165, 1.54) is 18.3 Å². The van der Waals surface area contributed by atoms with Gasteiger partial charge in [-0.1, -0.05) is 41.4 Å². The highest BCUT2D eigenvalue weighted by Crippen LogP contribution is 2.22. The summed E-state index contributed by atoms with van der Waals surface area (Å²) in [5.74, 6) is -0.0540. The van der Waals surface area contributed by atoms with E-state index in [9.17, 15) is 9.59 Å². The molecule has 2 amide bonds. The number of nitrogens with one attached hydrogen (secondary N) is 2. The predicted molar refractivity (Wildman–Crippen MR) is 131 cm³/mol. The van der Waals surface area contributed by atoms with Crippen molar-refractivity contribution in [3.8, 4) is 11.8 Å². The van der Waals surface area contributed by atoms with Gasteiger partial charge in [0.05, 0.1) is 27.9 Å². The number of nitrogens with zero attached hydrogens (tertiary/aromatic N) is 2. The van der Waals surface area contributed by atoms with E-state index in [0.717, 1.165) is 11.1 Å². The Bertz CT molecular complexity index is 1240. The Morgan fingerprint density at radius 3 is 2.53 bits per heavy atom. The lowest BCUT2D eigenvalue weighted by Gasteiger charge is -2.07. The van der Waals surface area contributed by atoms with Crippen LogP contribution in [0.3, 0.4) is 0 Å². The minimum absolute atomic E-state index is 0.0569. The van der Waals surface area contributed by atoms with E-state index < -0.39 is 0 Å². The summed E-state index contributed by atoms with van der Waals surface area (Å²) in [4.78, 5) is 24.0. The van der Waals surface area contributed by atoms with Crippen LogP contribution in [0.4, 0.5) is 0 Å². The van der Waals surface area contributed by atoms with Gasteiger partial charge in [0, 0.05) is 24.1 Å². The standard InChI is InChI=1S/C25H20Cl2N4O3/c26-22-10-7-18(13-23(22)27)25(33)29-12-11-24(32)31-30-15-17-5-8-21(9-6-17)34-16-20-4-2-1-3-19(20)14-28/h1-10,13,15H,11-12,16H2,(H,29,33)(H,31,32). The Balaban J connectivity index is 1.39. The predicted octanol–water partition coefficient (Wildman–Crippen LogP) is 4.71. The van der Waals surface area contributed by atoms with Crippen LogP contribution in [0, 0.1) is 11.3 Å². The molecular weight excluding hydrogens is 475 g/mol. The van der Waals surface area contributed by atoms with Gasteiger partial charge in [-0.3, -0.25) is 9.59 Å². The van der Waals surface area contributed by atoms with Gasteiger partial charge in [-0.05, 0) is 54.1 Å². The minimum atomic E-state index is -0.353. The average Bonchev–Trinajstić information content (AvgIpc) is 2.85. The van der Waals surface area contributed by atoms with Gasteiger partial charge in [0.1, 0.15) is 12.4 Å². The fourth-order valence-electron chi connectivity index (χ4n) is 2.83. The van der Waals surface area contributed by atoms with Gasteiger partial charge in [0.2, 0.25) is 5.91 Å². The first-order valence-corrected chi connectivity index (χ1v) is 11.0. The van der Waals surface area contributed by atoms with Gasteiger partial charge in [0.25, 0.3) is 5.91 Å². The van der Waals surface area contributed by atoms with Gasteiger partial charge in [-0.15, -0.1) is 0 Å². The van der Waals surface area contributed by atoms with Crippen LogP contribution in [0.1, 0.15) is 33.5 Å². The van der Waals surface area contributed by atoms with Crippen LogP contribution < -0.4 is 15.5 Å². The summed E-state index contributed by atoms with van der Waals surface area (Å²) in [6.07, 6.45) is 1.56. The molecule has 34 heavy (non-hydrogen) atoms. The number of hydrogen-bond donors (Lipinski definition) is 2. The molecule has 0 fully saturated rings. The smallest absolute Gasteiger partial charge is 0.251 e. The summed E-state index contributed by atoms with van der Waals surface area (Å²) in [5, 5.41) is 16.3. The van der Waals surface area contributed by atoms with Crippen molar-refractivity contribution in [2.45, 2.75) is 13.0 Å². The molecule has 0 heterocycles. The van der Waals surface area contributed by atoms with Crippen molar-refractivity contribution in [2.75, 3.05) is 6.54 Å². The highest BCUT2D eigenvalue weighted by Gasteiger charge is 2.08. The van der Waals surface area contributed by atoms with E-state index in [-0.39, 0.29) is 36.4 Å². The number of benzene rings is 3. The quantitative estimate of drug-likeness (QED) is 0.331. The van der Waals surface area contributed by atoms with E-state index in [4.69, 9.17) is 33.2 Å². The van der Waals surface area contributed by atoms with Gasteiger partial charge in [-0.2, -0.15) is 10.4 Å². The molecule has 0 bridgehead atoms. The minimum Gasteiger partial charge on any atom is -0.489 e. The Morgan fingerprint density at radius 1 is 1.03 bits per heavy atom. The number of carbonyl (C=O) groups is 2. The normalized spacial score (nSPS) is 10.5. The van der Waals surface area contributed by atoms with Crippen molar-refractivity contribution in [3.05, 3.63) is 99.0 Å². The lowest BCUT2D eigenvalue weighted by atomic mass is 10.1. The molecule has 0 radical (unpaired) electrons. The van der Waals surface area contributed by atoms with Gasteiger partial charge >= 0.3 is 0 Å². The maximum Gasteiger partial charge on any atom is 0.251 e. The Hall–Kier alpha value is -3.86. The zero-order valence-corrected chi connectivity index (χ0v) is 19.4. The number of rotatable bonds is 9. The fourth-order valence-corrected chi connectivity index (χ4v) is 3.13. The van der Waals surface area contributed by atoms with Crippen molar-refractivity contribution in [3.63, 3.8) is 0 Å². The summed E-state index contributed by atoms with van der Waals surface area (Å²) in [7, 11) is 0. The van der Waals surface area contributed by atoms with Crippen molar-refractivity contribution < 1.29 is 14.3 Å². The lowest BCUT2D eigenvalue weighted by Crippen LogP contribution is -2.29. The SMILES string of the molecule is N#Cc1ccccc1COc1ccc(C=NNC(=O)CCNC(=O)c2ccc(Cl)c(Cl)c2)cc1. The fraction of sp³-hybridized carbons (Fsp3) is 0.120. The third-order valence-electron chi connectivity index (χ3n) is 4.63. The number of hydrogen-bond acceptors (Lipinski definition) is 5. The monoisotopic (exact) mass is 494 g/mol. The highest BCUT2D eigenvalue weighted by molar-refractivity contribution is 6.42. The summed E-state index contributed by atoms with van der Waals surface area (Å²) in [6, 6.07) is 21.1. The molecule has 0 aromatic heterocycles. The van der Waals surface area contributed by atoms with Gasteiger partial charge in [0.15, 0.2) is 0 Å². The Kier molecular flexibility index (Phi) is 9.04. The highest BCUT2D eigenvalue weighted by atomic mass is 35.5. The average molecular weight is 495 g/mol. The van der Waals surface area contributed by atoms with Gasteiger partial charge in [-0.25, -0.2) is 5.43 Å². The largest absolute Gasteiger partial charge is 0.489 e. The molecule has 9 heteroatoms. The van der Waals surface area contributed by atoms with Crippen LogP contribution in [-0.2, 0) is 11.4 Å². The summed E-state index contributed by atoms with van der Waals surface area (Å²) in [5.41, 5.74) is 4.92. The van der Waals surface area contributed by atoms with E-state index in [0.29, 0.717) is 21.9 Å². The molecule has 3 aromatic rings. The molecule has 0 atom stereocenters. The molecule has 172 valence electrons. The van der Waals surface area contributed by atoms with E-state index in [1.54, 1.807) is 36.4 Å². The van der Waals surface area contributed by atoms with Crippen LogP contribution >= 0.6 is 23.2 Å². The molecule has 0 saturated heterocycles. The summed E-state index contributed by atoms with van der Waals surface area (Å²) in [6.45, 7) is 0.427. The van der Waals surface area contributed by atoms with Crippen LogP contribution in [0.5, 0.6) is 5.75 Å². The second-order valence-electron chi connectivity index (χ2n) is 7.05. The third-order valence-corrected chi connectivity index (χ3v) is 5.37. The van der Waals surface area contributed by atoms with E-state index in [2.05, 4.69) is 21.9 Å². The first kappa shape index (κ1) is 24.8. The zero-order chi connectivity index (χ0) is 24.3. The molecule has 2 N–H and O–H groups in total. The molecular formula is C25H20Cl2N4O3. The van der Waals surface area contributed by atoms with Crippen LogP contribution in [-0.4, -0.2) is 24.6 Å². The van der Waals surface area contributed by atoms with Crippen molar-refractivity contribution in [1.29, 1.82) is 5.26 Å². The second kappa shape index (κ2) is 12.4. The first-order valence-electron chi connectivity index (χ1n) is 10.2. The topological polar surface area (TPSA) is 104 Å². The Morgan fingerprint density at radius 2 is 1.79 bits per heavy atom. The number of hydrazone groups is 1. The molecule has 0 spiro atoms. The Labute approximate surface area is 207 Å². The number of carbonyl (C=O) groups excluding carboxylic acids is 2. The second-order valence-corrected chi connectivity index (χ2v) is 7.87. The maximum absolute atomic E-state index is 12.1. The lowest BCUT2D eigenvalue weighted by molar-refractivity contribution is -0.120. The molecule has 0 aliphatic rings. The number of halogens is 2. The number of ether oxygens (including phenoxy) is 1. The van der Waals surface area contributed by atoms with Crippen molar-refractivity contribution in [2.24, 2.45) is 5.10 Å². The maximum atomic E-state index is 12.1. The number of amides is 2. The van der Waals surface area contributed by atoms with Crippen LogP contribution in [0.15, 0.2) is 71.8 Å². The van der Waals surface area contributed by atoms with Crippen molar-refractivity contribution in [1.82, 2.24) is 10.7 Å². The zero-order valence-electron chi connectivity index (χ0n) is 17.9. The molecule has 0 saturated carbocycles. The summed E-state index contributed by atoms with van der Waals surface area (Å²) >= 11 is 11.7. The van der Waals surface area contributed by atoms with Crippen molar-refractivity contribution >= 4 is 41.2 Å². The van der Waals surface area contributed by atoms with E-state index >= 15 is 0 Å². The third kappa shape index (κ3) is 7.34.